The van der Waals surface area contributed by atoms with Crippen molar-refractivity contribution in [1.29, 1.82) is 0 Å². The van der Waals surface area contributed by atoms with Gasteiger partial charge in [0.05, 0.1) is 12.5 Å². The van der Waals surface area contributed by atoms with Gasteiger partial charge in [-0.25, -0.2) is 0 Å². The second kappa shape index (κ2) is 8.68. The molecule has 136 valence electrons. The average molecular weight is 365 g/mol. The number of benzene rings is 1. The van der Waals surface area contributed by atoms with Crippen LogP contribution in [0.3, 0.4) is 0 Å². The van der Waals surface area contributed by atoms with Crippen LogP contribution in [0.25, 0.3) is 0 Å². The van der Waals surface area contributed by atoms with Gasteiger partial charge >= 0.3 is 0 Å². The molecule has 6 heteroatoms. The highest BCUT2D eigenvalue weighted by Crippen LogP contribution is 2.21. The second-order valence-electron chi connectivity index (χ2n) is 6.74. The number of hydrogen-bond acceptors (Lipinski definition) is 3. The Hall–Kier alpha value is -1.59. The van der Waals surface area contributed by atoms with E-state index in [2.05, 4.69) is 0 Å². The number of rotatable bonds is 4. The van der Waals surface area contributed by atoms with E-state index in [1.54, 1.807) is 0 Å². The van der Waals surface area contributed by atoms with E-state index in [9.17, 15) is 9.59 Å². The number of likely N-dealkylation sites (tertiary alicyclic amines) is 1. The Bertz CT molecular complexity index is 597. The number of carbonyl (C=O) groups excluding carboxylic acids is 2. The molecule has 0 aromatic heterocycles. The van der Waals surface area contributed by atoms with Gasteiger partial charge in [-0.1, -0.05) is 23.7 Å². The number of halogens is 1. The fraction of sp³-hybridized carbons (Fsp3) is 0.579. The van der Waals surface area contributed by atoms with Gasteiger partial charge < -0.3 is 14.5 Å². The summed E-state index contributed by atoms with van der Waals surface area (Å²) in [6.45, 7) is 3.93. The van der Waals surface area contributed by atoms with E-state index in [4.69, 9.17) is 16.3 Å². The highest BCUT2D eigenvalue weighted by atomic mass is 35.5. The van der Waals surface area contributed by atoms with Crippen LogP contribution in [0, 0.1) is 5.92 Å². The molecule has 0 spiro atoms. The molecule has 1 atom stereocenters. The lowest BCUT2D eigenvalue weighted by Gasteiger charge is -2.34. The van der Waals surface area contributed by atoms with Gasteiger partial charge in [0, 0.05) is 44.2 Å². The van der Waals surface area contributed by atoms with Crippen molar-refractivity contribution in [3.05, 3.63) is 34.9 Å². The first-order chi connectivity index (χ1) is 12.1. The fourth-order valence-corrected chi connectivity index (χ4v) is 3.60. The average Bonchev–Trinajstić information content (AvgIpc) is 2.91. The molecule has 2 aliphatic heterocycles. The Labute approximate surface area is 153 Å². The van der Waals surface area contributed by atoms with Gasteiger partial charge in [-0.3, -0.25) is 9.59 Å². The summed E-state index contributed by atoms with van der Waals surface area (Å²) < 4.78 is 5.43. The molecule has 1 aromatic carbocycles. The van der Waals surface area contributed by atoms with E-state index >= 15 is 0 Å². The Balaban J connectivity index is 1.56. The summed E-state index contributed by atoms with van der Waals surface area (Å²) in [5.74, 6) is 0.243. The summed E-state index contributed by atoms with van der Waals surface area (Å²) in [5, 5.41) is 0.713. The second-order valence-corrected chi connectivity index (χ2v) is 7.18. The normalized spacial score (nSPS) is 22.0. The summed E-state index contributed by atoms with van der Waals surface area (Å²) in [4.78, 5) is 28.8. The third-order valence-electron chi connectivity index (χ3n) is 4.97. The SMILES string of the molecule is O=C1CC[C@@H](C(=O)N2CCCOCC2)CN1CCc1ccc(Cl)cc1. The Morgan fingerprint density at radius 2 is 2.00 bits per heavy atom. The van der Waals surface area contributed by atoms with Crippen molar-refractivity contribution in [1.82, 2.24) is 9.80 Å². The molecule has 0 saturated carbocycles. The van der Waals surface area contributed by atoms with E-state index in [-0.39, 0.29) is 17.7 Å². The molecule has 0 unspecified atom stereocenters. The maximum absolute atomic E-state index is 12.8. The number of hydrogen-bond donors (Lipinski definition) is 0. The van der Waals surface area contributed by atoms with Crippen LogP contribution in [0.5, 0.6) is 0 Å². The first-order valence-electron chi connectivity index (χ1n) is 9.02. The molecular weight excluding hydrogens is 340 g/mol. The van der Waals surface area contributed by atoms with Crippen LogP contribution in [0.15, 0.2) is 24.3 Å². The number of carbonyl (C=O) groups is 2. The summed E-state index contributed by atoms with van der Waals surface area (Å²) in [6.07, 6.45) is 2.78. The fourth-order valence-electron chi connectivity index (χ4n) is 3.47. The third kappa shape index (κ3) is 4.95. The van der Waals surface area contributed by atoms with Gasteiger partial charge in [0.1, 0.15) is 0 Å². The Kier molecular flexibility index (Phi) is 6.32. The predicted molar refractivity (Wildman–Crippen MR) is 96.5 cm³/mol. The van der Waals surface area contributed by atoms with E-state index in [1.807, 2.05) is 34.1 Å². The van der Waals surface area contributed by atoms with Gasteiger partial charge in [0.15, 0.2) is 0 Å². The van der Waals surface area contributed by atoms with E-state index in [1.165, 1.54) is 0 Å². The van der Waals surface area contributed by atoms with Crippen molar-refractivity contribution in [2.24, 2.45) is 5.92 Å². The lowest BCUT2D eigenvalue weighted by molar-refractivity contribution is -0.143. The van der Waals surface area contributed by atoms with Crippen LogP contribution in [-0.4, -0.2) is 61.0 Å². The van der Waals surface area contributed by atoms with Crippen LogP contribution in [0.4, 0.5) is 0 Å². The number of nitrogens with zero attached hydrogens (tertiary/aromatic N) is 2. The minimum absolute atomic E-state index is 0.0824. The lowest BCUT2D eigenvalue weighted by Crippen LogP contribution is -2.48. The molecule has 3 rings (SSSR count). The van der Waals surface area contributed by atoms with Gasteiger partial charge in [-0.15, -0.1) is 0 Å². The predicted octanol–water partition coefficient (Wildman–Crippen LogP) is 2.37. The number of ether oxygens (including phenoxy) is 1. The Morgan fingerprint density at radius 3 is 2.80 bits per heavy atom. The zero-order chi connectivity index (χ0) is 17.6. The van der Waals surface area contributed by atoms with Crippen molar-refractivity contribution < 1.29 is 14.3 Å². The molecule has 25 heavy (non-hydrogen) atoms. The molecule has 2 aliphatic rings. The van der Waals surface area contributed by atoms with E-state index in [0.717, 1.165) is 31.6 Å². The molecule has 0 bridgehead atoms. The van der Waals surface area contributed by atoms with Crippen LogP contribution in [0.2, 0.25) is 5.02 Å². The molecule has 0 radical (unpaired) electrons. The monoisotopic (exact) mass is 364 g/mol. The minimum Gasteiger partial charge on any atom is -0.380 e. The number of amides is 2. The summed E-state index contributed by atoms with van der Waals surface area (Å²) in [5.41, 5.74) is 1.15. The van der Waals surface area contributed by atoms with Crippen molar-refractivity contribution >= 4 is 23.4 Å². The largest absolute Gasteiger partial charge is 0.380 e. The van der Waals surface area contributed by atoms with Crippen LogP contribution in [-0.2, 0) is 20.7 Å². The highest BCUT2D eigenvalue weighted by molar-refractivity contribution is 6.30. The maximum Gasteiger partial charge on any atom is 0.227 e. The topological polar surface area (TPSA) is 49.9 Å². The van der Waals surface area contributed by atoms with E-state index in [0.29, 0.717) is 44.1 Å². The third-order valence-corrected chi connectivity index (χ3v) is 5.22. The van der Waals surface area contributed by atoms with Crippen LogP contribution in [0.1, 0.15) is 24.8 Å². The smallest absolute Gasteiger partial charge is 0.227 e. The number of piperidine rings is 1. The molecule has 0 N–H and O–H groups in total. The Morgan fingerprint density at radius 1 is 1.20 bits per heavy atom. The molecule has 5 nitrogen and oxygen atoms in total. The quantitative estimate of drug-likeness (QED) is 0.824. The van der Waals surface area contributed by atoms with Crippen molar-refractivity contribution in [2.45, 2.75) is 25.7 Å². The van der Waals surface area contributed by atoms with Crippen LogP contribution < -0.4 is 0 Å². The molecular formula is C19H25ClN2O3. The van der Waals surface area contributed by atoms with Gasteiger partial charge in [0.25, 0.3) is 0 Å². The summed E-state index contributed by atoms with van der Waals surface area (Å²) in [6, 6.07) is 7.69. The summed E-state index contributed by atoms with van der Waals surface area (Å²) in [7, 11) is 0. The first kappa shape index (κ1) is 18.2. The standard InChI is InChI=1S/C19H25ClN2O3/c20-17-5-2-15(3-6-17)8-10-22-14-16(4-7-18(22)23)19(24)21-9-1-12-25-13-11-21/h2-3,5-6,16H,1,4,7-14H2/t16-/m1/s1. The van der Waals surface area contributed by atoms with Gasteiger partial charge in [0.2, 0.25) is 11.8 Å². The van der Waals surface area contributed by atoms with Crippen molar-refractivity contribution in [3.8, 4) is 0 Å². The van der Waals surface area contributed by atoms with Gasteiger partial charge in [-0.05, 0) is 37.0 Å². The van der Waals surface area contributed by atoms with Crippen LogP contribution >= 0.6 is 11.6 Å². The molecule has 2 fully saturated rings. The summed E-state index contributed by atoms with van der Waals surface area (Å²) >= 11 is 5.91. The minimum atomic E-state index is -0.0824. The zero-order valence-electron chi connectivity index (χ0n) is 14.5. The molecule has 2 amide bonds. The molecule has 2 heterocycles. The molecule has 0 aliphatic carbocycles. The van der Waals surface area contributed by atoms with Crippen molar-refractivity contribution in [2.75, 3.05) is 39.4 Å². The van der Waals surface area contributed by atoms with Gasteiger partial charge in [-0.2, -0.15) is 0 Å². The lowest BCUT2D eigenvalue weighted by atomic mass is 9.95. The molecule has 2 saturated heterocycles. The first-order valence-corrected chi connectivity index (χ1v) is 9.40. The van der Waals surface area contributed by atoms with E-state index < -0.39 is 0 Å². The zero-order valence-corrected chi connectivity index (χ0v) is 15.2. The maximum atomic E-state index is 12.8. The molecule has 1 aromatic rings. The highest BCUT2D eigenvalue weighted by Gasteiger charge is 2.32. The van der Waals surface area contributed by atoms with Crippen molar-refractivity contribution in [3.63, 3.8) is 0 Å².